The van der Waals surface area contributed by atoms with E-state index in [1.54, 1.807) is 7.11 Å². The lowest BCUT2D eigenvalue weighted by molar-refractivity contribution is 0.415. The standard InChI is InChI=1S/C16H13ClN2O/c1-20-13-8-6-12(7-9-13)18-15-10-5-11-3-2-4-14(17)16(11)19-15/h2-10H,1H3,(H,18,19). The van der Waals surface area contributed by atoms with Crippen LogP contribution in [0.1, 0.15) is 0 Å². The number of hydrogen-bond acceptors (Lipinski definition) is 3. The third-order valence-corrected chi connectivity index (χ3v) is 3.34. The van der Waals surface area contributed by atoms with Gasteiger partial charge in [0.2, 0.25) is 0 Å². The van der Waals surface area contributed by atoms with Crippen LogP contribution in [-0.2, 0) is 0 Å². The number of ether oxygens (including phenoxy) is 1. The van der Waals surface area contributed by atoms with Crippen LogP contribution in [0.5, 0.6) is 5.75 Å². The minimum Gasteiger partial charge on any atom is -0.497 e. The molecule has 100 valence electrons. The van der Waals surface area contributed by atoms with Crippen LogP contribution < -0.4 is 10.1 Å². The Kier molecular flexibility index (Phi) is 3.44. The summed E-state index contributed by atoms with van der Waals surface area (Å²) in [6.45, 7) is 0. The summed E-state index contributed by atoms with van der Waals surface area (Å²) in [6.07, 6.45) is 0. The minimum absolute atomic E-state index is 0.654. The number of aromatic nitrogens is 1. The number of rotatable bonds is 3. The molecule has 20 heavy (non-hydrogen) atoms. The lowest BCUT2D eigenvalue weighted by Crippen LogP contribution is -1.94. The van der Waals surface area contributed by atoms with Crippen molar-refractivity contribution in [1.82, 2.24) is 4.98 Å². The molecule has 1 N–H and O–H groups in total. The summed E-state index contributed by atoms with van der Waals surface area (Å²) in [5, 5.41) is 4.93. The molecule has 0 bridgehead atoms. The van der Waals surface area contributed by atoms with Crippen molar-refractivity contribution < 1.29 is 4.74 Å². The Balaban J connectivity index is 1.92. The summed E-state index contributed by atoms with van der Waals surface area (Å²) in [6, 6.07) is 17.4. The predicted octanol–water partition coefficient (Wildman–Crippen LogP) is 4.64. The number of para-hydroxylation sites is 1. The number of fused-ring (bicyclic) bond motifs is 1. The van der Waals surface area contributed by atoms with E-state index in [1.165, 1.54) is 0 Å². The largest absolute Gasteiger partial charge is 0.497 e. The van der Waals surface area contributed by atoms with Crippen molar-refractivity contribution in [3.8, 4) is 5.75 Å². The summed E-state index contributed by atoms with van der Waals surface area (Å²) in [5.74, 6) is 1.58. The molecule has 3 nitrogen and oxygen atoms in total. The van der Waals surface area contributed by atoms with Crippen molar-refractivity contribution in [2.24, 2.45) is 0 Å². The average Bonchev–Trinajstić information content (AvgIpc) is 2.49. The minimum atomic E-state index is 0.654. The number of halogens is 1. The molecule has 0 aliphatic rings. The van der Waals surface area contributed by atoms with Gasteiger partial charge in [-0.25, -0.2) is 4.98 Å². The first-order valence-corrected chi connectivity index (χ1v) is 6.60. The van der Waals surface area contributed by atoms with E-state index in [0.29, 0.717) is 5.02 Å². The Morgan fingerprint density at radius 2 is 1.80 bits per heavy atom. The highest BCUT2D eigenvalue weighted by molar-refractivity contribution is 6.35. The molecule has 0 radical (unpaired) electrons. The number of pyridine rings is 1. The lowest BCUT2D eigenvalue weighted by atomic mass is 10.2. The van der Waals surface area contributed by atoms with Crippen LogP contribution in [0.4, 0.5) is 11.5 Å². The van der Waals surface area contributed by atoms with Gasteiger partial charge in [-0.1, -0.05) is 23.7 Å². The van der Waals surface area contributed by atoms with Crippen molar-refractivity contribution in [1.29, 1.82) is 0 Å². The van der Waals surface area contributed by atoms with E-state index in [-0.39, 0.29) is 0 Å². The molecule has 0 saturated carbocycles. The van der Waals surface area contributed by atoms with Crippen LogP contribution >= 0.6 is 11.6 Å². The van der Waals surface area contributed by atoms with Crippen LogP contribution in [0, 0.1) is 0 Å². The summed E-state index contributed by atoms with van der Waals surface area (Å²) >= 11 is 6.16. The molecule has 4 heteroatoms. The molecular formula is C16H13ClN2O. The Hall–Kier alpha value is -2.26. The van der Waals surface area contributed by atoms with Crippen LogP contribution in [0.3, 0.4) is 0 Å². The zero-order chi connectivity index (χ0) is 13.9. The highest BCUT2D eigenvalue weighted by atomic mass is 35.5. The summed E-state index contributed by atoms with van der Waals surface area (Å²) in [4.78, 5) is 4.54. The molecule has 2 aromatic carbocycles. The number of nitrogens with zero attached hydrogens (tertiary/aromatic N) is 1. The zero-order valence-electron chi connectivity index (χ0n) is 10.9. The number of methoxy groups -OCH3 is 1. The molecule has 0 atom stereocenters. The van der Waals surface area contributed by atoms with Crippen molar-refractivity contribution >= 4 is 34.0 Å². The maximum Gasteiger partial charge on any atom is 0.131 e. The van der Waals surface area contributed by atoms with E-state index in [0.717, 1.165) is 28.2 Å². The third-order valence-electron chi connectivity index (χ3n) is 3.03. The third kappa shape index (κ3) is 2.53. The molecule has 0 spiro atoms. The second-order valence-corrected chi connectivity index (χ2v) is 4.77. The summed E-state index contributed by atoms with van der Waals surface area (Å²) in [7, 11) is 1.65. The van der Waals surface area contributed by atoms with Crippen molar-refractivity contribution in [2.75, 3.05) is 12.4 Å². The average molecular weight is 285 g/mol. The molecule has 0 aliphatic carbocycles. The maximum absolute atomic E-state index is 6.16. The summed E-state index contributed by atoms with van der Waals surface area (Å²) in [5.41, 5.74) is 1.75. The van der Waals surface area contributed by atoms with Gasteiger partial charge in [-0.15, -0.1) is 0 Å². The molecule has 1 heterocycles. The van der Waals surface area contributed by atoms with Crippen molar-refractivity contribution in [2.45, 2.75) is 0 Å². The molecule has 1 aromatic heterocycles. The molecular weight excluding hydrogens is 272 g/mol. The number of benzene rings is 2. The van der Waals surface area contributed by atoms with Crippen LogP contribution in [-0.4, -0.2) is 12.1 Å². The van der Waals surface area contributed by atoms with Gasteiger partial charge in [-0.3, -0.25) is 0 Å². The van der Waals surface area contributed by atoms with Gasteiger partial charge >= 0.3 is 0 Å². The van der Waals surface area contributed by atoms with Gasteiger partial charge in [0.05, 0.1) is 17.6 Å². The lowest BCUT2D eigenvalue weighted by Gasteiger charge is -2.08. The quantitative estimate of drug-likeness (QED) is 0.761. The van der Waals surface area contributed by atoms with E-state index in [1.807, 2.05) is 54.6 Å². The SMILES string of the molecule is COc1ccc(Nc2ccc3cccc(Cl)c3n2)cc1. The molecule has 0 amide bonds. The van der Waals surface area contributed by atoms with Gasteiger partial charge in [-0.2, -0.15) is 0 Å². The topological polar surface area (TPSA) is 34.1 Å². The number of hydrogen-bond donors (Lipinski definition) is 1. The first kappa shape index (κ1) is 12.8. The highest BCUT2D eigenvalue weighted by Crippen LogP contribution is 2.25. The van der Waals surface area contributed by atoms with Gasteiger partial charge in [0, 0.05) is 11.1 Å². The second-order valence-electron chi connectivity index (χ2n) is 4.36. The van der Waals surface area contributed by atoms with E-state index in [9.17, 15) is 0 Å². The fourth-order valence-corrected chi connectivity index (χ4v) is 2.23. The van der Waals surface area contributed by atoms with Gasteiger partial charge in [0.25, 0.3) is 0 Å². The molecule has 0 aliphatic heterocycles. The van der Waals surface area contributed by atoms with Crippen LogP contribution in [0.25, 0.3) is 10.9 Å². The second kappa shape index (κ2) is 5.39. The van der Waals surface area contributed by atoms with E-state index in [4.69, 9.17) is 16.3 Å². The van der Waals surface area contributed by atoms with E-state index in [2.05, 4.69) is 10.3 Å². The maximum atomic E-state index is 6.16. The molecule has 3 rings (SSSR count). The number of anilines is 2. The van der Waals surface area contributed by atoms with Gasteiger partial charge in [0.15, 0.2) is 0 Å². The molecule has 3 aromatic rings. The Labute approximate surface area is 122 Å². The van der Waals surface area contributed by atoms with Gasteiger partial charge in [0.1, 0.15) is 11.6 Å². The Morgan fingerprint density at radius 3 is 2.55 bits per heavy atom. The van der Waals surface area contributed by atoms with Gasteiger partial charge < -0.3 is 10.1 Å². The fraction of sp³-hybridized carbons (Fsp3) is 0.0625. The normalized spacial score (nSPS) is 10.5. The summed E-state index contributed by atoms with van der Waals surface area (Å²) < 4.78 is 5.13. The number of nitrogens with one attached hydrogen (secondary N) is 1. The Bertz CT molecular complexity index is 741. The molecule has 0 saturated heterocycles. The van der Waals surface area contributed by atoms with Crippen molar-refractivity contribution in [3.63, 3.8) is 0 Å². The molecule has 0 unspecified atom stereocenters. The van der Waals surface area contributed by atoms with E-state index < -0.39 is 0 Å². The highest BCUT2D eigenvalue weighted by Gasteiger charge is 2.02. The first-order valence-electron chi connectivity index (χ1n) is 6.22. The van der Waals surface area contributed by atoms with Gasteiger partial charge in [-0.05, 0) is 42.5 Å². The fourth-order valence-electron chi connectivity index (χ4n) is 2.00. The zero-order valence-corrected chi connectivity index (χ0v) is 11.7. The van der Waals surface area contributed by atoms with Crippen LogP contribution in [0.15, 0.2) is 54.6 Å². The first-order chi connectivity index (χ1) is 9.76. The predicted molar refractivity (Wildman–Crippen MR) is 83.0 cm³/mol. The van der Waals surface area contributed by atoms with Crippen molar-refractivity contribution in [3.05, 3.63) is 59.6 Å². The smallest absolute Gasteiger partial charge is 0.131 e. The molecule has 0 fully saturated rings. The van der Waals surface area contributed by atoms with Crippen LogP contribution in [0.2, 0.25) is 5.02 Å². The Morgan fingerprint density at radius 1 is 1.00 bits per heavy atom. The van der Waals surface area contributed by atoms with E-state index >= 15 is 0 Å². The monoisotopic (exact) mass is 284 g/mol.